The Morgan fingerprint density at radius 2 is 1.27 bits per heavy atom. The molecule has 0 spiro atoms. The highest BCUT2D eigenvalue weighted by atomic mass is 127. The first-order chi connectivity index (χ1) is 10.7. The topological polar surface area (TPSA) is 23.5 Å². The minimum atomic E-state index is 0.181. The van der Waals surface area contributed by atoms with Crippen LogP contribution in [0.15, 0.2) is 19.3 Å². The van der Waals surface area contributed by atoms with Gasteiger partial charge in [0.1, 0.15) is 0 Å². The molecule has 2 nitrogen and oxygen atoms in total. The molecule has 2 aliphatic carbocycles. The fourth-order valence-electron chi connectivity index (χ4n) is 2.21. The van der Waals surface area contributed by atoms with Crippen LogP contribution in [0.25, 0.3) is 0 Å². The highest BCUT2D eigenvalue weighted by Crippen LogP contribution is 2.28. The Labute approximate surface area is 163 Å². The SMILES string of the molecule is OCCN(C/C(I)=C/[C]1[CH][CH][CH][CH]1)C/C(I)=C/[C]1[CH][CH][CH][CH]1. The van der Waals surface area contributed by atoms with Gasteiger partial charge in [-0.05, 0) is 96.5 Å². The molecular weight excluding hydrogens is 500 g/mol. The summed E-state index contributed by atoms with van der Waals surface area (Å²) in [5, 5.41) is 9.29. The molecule has 116 valence electrons. The summed E-state index contributed by atoms with van der Waals surface area (Å²) in [4.78, 5) is 2.27. The van der Waals surface area contributed by atoms with Gasteiger partial charge in [0.15, 0.2) is 0 Å². The first kappa shape index (κ1) is 19.2. The van der Waals surface area contributed by atoms with E-state index in [-0.39, 0.29) is 6.61 Å². The van der Waals surface area contributed by atoms with Crippen molar-refractivity contribution in [1.29, 1.82) is 0 Å². The minimum Gasteiger partial charge on any atom is -0.395 e. The number of aliphatic hydroxyl groups is 1. The summed E-state index contributed by atoms with van der Waals surface area (Å²) >= 11 is 4.77. The van der Waals surface area contributed by atoms with Gasteiger partial charge in [0.2, 0.25) is 0 Å². The van der Waals surface area contributed by atoms with E-state index in [0.717, 1.165) is 13.1 Å². The second-order valence-electron chi connectivity index (χ2n) is 5.05. The molecule has 2 fully saturated rings. The van der Waals surface area contributed by atoms with Crippen molar-refractivity contribution in [2.24, 2.45) is 0 Å². The van der Waals surface area contributed by atoms with E-state index in [4.69, 9.17) is 0 Å². The third-order valence-electron chi connectivity index (χ3n) is 3.19. The van der Waals surface area contributed by atoms with E-state index in [9.17, 15) is 5.11 Å². The van der Waals surface area contributed by atoms with Crippen LogP contribution in [0.3, 0.4) is 0 Å². The van der Waals surface area contributed by atoms with Crippen molar-refractivity contribution in [1.82, 2.24) is 4.90 Å². The van der Waals surface area contributed by atoms with E-state index in [1.165, 1.54) is 19.0 Å². The van der Waals surface area contributed by atoms with Crippen LogP contribution in [0.2, 0.25) is 0 Å². The van der Waals surface area contributed by atoms with E-state index in [2.05, 4.69) is 87.9 Å². The van der Waals surface area contributed by atoms with Crippen LogP contribution < -0.4 is 0 Å². The molecule has 2 saturated carbocycles. The first-order valence-electron chi connectivity index (χ1n) is 7.16. The van der Waals surface area contributed by atoms with Crippen LogP contribution in [-0.4, -0.2) is 36.2 Å². The molecule has 0 heterocycles. The van der Waals surface area contributed by atoms with Gasteiger partial charge in [-0.15, -0.1) is 0 Å². The molecule has 0 bridgehead atoms. The lowest BCUT2D eigenvalue weighted by Crippen LogP contribution is -2.29. The van der Waals surface area contributed by atoms with Crippen molar-refractivity contribution in [3.05, 3.63) is 82.5 Å². The van der Waals surface area contributed by atoms with Gasteiger partial charge in [-0.25, -0.2) is 0 Å². The summed E-state index contributed by atoms with van der Waals surface area (Å²) in [6.07, 6.45) is 21.0. The summed E-state index contributed by atoms with van der Waals surface area (Å²) in [5.41, 5.74) is 0. The van der Waals surface area contributed by atoms with Gasteiger partial charge in [0.05, 0.1) is 6.61 Å². The summed E-state index contributed by atoms with van der Waals surface area (Å²) < 4.78 is 2.55. The molecular formula is C18H19I2NO. The van der Waals surface area contributed by atoms with Gasteiger partial charge in [0, 0.05) is 38.6 Å². The zero-order chi connectivity index (χ0) is 15.8. The Hall–Kier alpha value is 0.860. The average molecular weight is 519 g/mol. The largest absolute Gasteiger partial charge is 0.395 e. The van der Waals surface area contributed by atoms with E-state index < -0.39 is 0 Å². The molecule has 0 aromatic heterocycles. The molecule has 0 aromatic carbocycles. The lowest BCUT2D eigenvalue weighted by atomic mass is 10.1. The fraction of sp³-hybridized carbons (Fsp3) is 0.222. The van der Waals surface area contributed by atoms with Gasteiger partial charge >= 0.3 is 0 Å². The first-order valence-corrected chi connectivity index (χ1v) is 9.32. The molecule has 0 atom stereocenters. The molecule has 0 saturated heterocycles. The number of hydrogen-bond acceptors (Lipinski definition) is 2. The van der Waals surface area contributed by atoms with Gasteiger partial charge in [0.25, 0.3) is 0 Å². The van der Waals surface area contributed by atoms with Crippen LogP contribution in [0.5, 0.6) is 0 Å². The van der Waals surface area contributed by atoms with Crippen LogP contribution in [0, 0.1) is 63.2 Å². The number of allylic oxidation sites excluding steroid dienone is 2. The van der Waals surface area contributed by atoms with Crippen LogP contribution in [-0.2, 0) is 0 Å². The Kier molecular flexibility index (Phi) is 9.30. The van der Waals surface area contributed by atoms with Gasteiger partial charge in [-0.3, -0.25) is 4.90 Å². The monoisotopic (exact) mass is 519 g/mol. The third-order valence-corrected chi connectivity index (χ3v) is 4.49. The quantitative estimate of drug-likeness (QED) is 0.495. The standard InChI is InChI=1S/C18H19I2NO/c19-17(11-15-5-1-2-6-15)13-21(9-10-22)14-18(20)12-16-7-3-4-8-16/h1-8,11-12,22H,9-10,13-14H2/b17-11-,18-12-. The third kappa shape index (κ3) is 7.18. The Balaban J connectivity index is 1.85. The van der Waals surface area contributed by atoms with Crippen molar-refractivity contribution in [2.75, 3.05) is 26.2 Å². The average Bonchev–Trinajstić information content (AvgIpc) is 3.12. The minimum absolute atomic E-state index is 0.181. The van der Waals surface area contributed by atoms with Crippen molar-refractivity contribution >= 4 is 45.2 Å². The van der Waals surface area contributed by atoms with Crippen LogP contribution in [0.1, 0.15) is 0 Å². The second kappa shape index (κ2) is 10.7. The molecule has 1 N–H and O–H groups in total. The normalized spacial score (nSPS) is 22.2. The van der Waals surface area contributed by atoms with Crippen molar-refractivity contribution in [3.63, 3.8) is 0 Å². The summed E-state index contributed by atoms with van der Waals surface area (Å²) in [6, 6.07) is 0. The maximum atomic E-state index is 9.29. The zero-order valence-corrected chi connectivity index (χ0v) is 16.6. The number of aliphatic hydroxyl groups excluding tert-OH is 1. The molecule has 0 aromatic rings. The summed E-state index contributed by atoms with van der Waals surface area (Å²) in [6.45, 7) is 2.57. The number of halogens is 2. The highest BCUT2D eigenvalue weighted by Gasteiger charge is 2.17. The maximum Gasteiger partial charge on any atom is 0.0558 e. The van der Waals surface area contributed by atoms with E-state index in [1.807, 2.05) is 25.7 Å². The van der Waals surface area contributed by atoms with Crippen molar-refractivity contribution in [3.8, 4) is 0 Å². The van der Waals surface area contributed by atoms with Gasteiger partial charge in [-0.2, -0.15) is 0 Å². The number of rotatable bonds is 8. The summed E-state index contributed by atoms with van der Waals surface area (Å²) in [5.74, 6) is 2.46. The number of hydrogen-bond donors (Lipinski definition) is 1. The van der Waals surface area contributed by atoms with Crippen LogP contribution in [0.4, 0.5) is 0 Å². The molecule has 2 rings (SSSR count). The van der Waals surface area contributed by atoms with Crippen molar-refractivity contribution < 1.29 is 5.11 Å². The Morgan fingerprint density at radius 3 is 1.64 bits per heavy atom. The molecule has 4 heteroatoms. The smallest absolute Gasteiger partial charge is 0.0558 e. The van der Waals surface area contributed by atoms with E-state index in [0.29, 0.717) is 6.54 Å². The maximum absolute atomic E-state index is 9.29. The Morgan fingerprint density at radius 1 is 0.864 bits per heavy atom. The lowest BCUT2D eigenvalue weighted by Gasteiger charge is -2.21. The predicted octanol–water partition coefficient (Wildman–Crippen LogP) is 3.73. The lowest BCUT2D eigenvalue weighted by molar-refractivity contribution is 0.219. The molecule has 10 radical (unpaired) electrons. The van der Waals surface area contributed by atoms with Crippen molar-refractivity contribution in [2.45, 2.75) is 0 Å². The molecule has 0 unspecified atom stereocenters. The van der Waals surface area contributed by atoms with Crippen LogP contribution >= 0.6 is 45.2 Å². The molecule has 2 aliphatic rings. The predicted molar refractivity (Wildman–Crippen MR) is 109 cm³/mol. The molecule has 0 aliphatic heterocycles. The zero-order valence-electron chi connectivity index (χ0n) is 12.3. The number of nitrogens with zero attached hydrogens (tertiary/aromatic N) is 1. The highest BCUT2D eigenvalue weighted by molar-refractivity contribution is 14.1. The Bertz CT molecular complexity index is 349. The molecule has 0 amide bonds. The van der Waals surface area contributed by atoms with E-state index in [1.54, 1.807) is 0 Å². The summed E-state index contributed by atoms with van der Waals surface area (Å²) in [7, 11) is 0. The second-order valence-corrected chi connectivity index (χ2v) is 7.82. The fourth-order valence-corrected chi connectivity index (χ4v) is 3.89. The van der Waals surface area contributed by atoms with E-state index >= 15 is 0 Å². The van der Waals surface area contributed by atoms with Gasteiger partial charge < -0.3 is 5.11 Å². The molecule has 22 heavy (non-hydrogen) atoms. The van der Waals surface area contributed by atoms with Gasteiger partial charge in [-0.1, -0.05) is 12.2 Å².